The molecule has 1 aromatic heterocycles. The Morgan fingerprint density at radius 1 is 1.35 bits per heavy atom. The number of halogens is 1. The molecule has 0 fully saturated rings. The Balaban J connectivity index is 2.26. The highest BCUT2D eigenvalue weighted by Crippen LogP contribution is 2.25. The minimum Gasteiger partial charge on any atom is -0.391 e. The van der Waals surface area contributed by atoms with E-state index < -0.39 is 10.0 Å². The van der Waals surface area contributed by atoms with Crippen LogP contribution in [0.4, 0.5) is 0 Å². The summed E-state index contributed by atoms with van der Waals surface area (Å²) < 4.78 is 26.2. The van der Waals surface area contributed by atoms with E-state index in [1.807, 2.05) is 6.07 Å². The number of nitrogens with zero attached hydrogens (tertiary/aromatic N) is 1. The number of hydrogen-bond acceptors (Lipinski definition) is 4. The molecule has 1 N–H and O–H groups in total. The maximum atomic E-state index is 12.5. The number of sulfonamides is 1. The molecule has 0 spiro atoms. The second-order valence-electron chi connectivity index (χ2n) is 4.26. The number of rotatable bonds is 5. The van der Waals surface area contributed by atoms with Crippen LogP contribution in [0, 0.1) is 0 Å². The van der Waals surface area contributed by atoms with Crippen LogP contribution < -0.4 is 0 Å². The molecule has 1 aromatic carbocycles. The SMILES string of the molecule is CN(Cc1cccc(Cl)c1)S(=O)(=O)c1ccsc1CO. The molecule has 0 bridgehead atoms. The zero-order chi connectivity index (χ0) is 14.8. The van der Waals surface area contributed by atoms with Crippen LogP contribution in [0.3, 0.4) is 0 Å². The Kier molecular flexibility index (Phi) is 4.82. The standard InChI is InChI=1S/C13H14ClNO3S2/c1-15(8-10-3-2-4-11(14)7-10)20(17,18)13-5-6-19-12(13)9-16/h2-7,16H,8-9H2,1H3. The molecular formula is C13H14ClNO3S2. The van der Waals surface area contributed by atoms with E-state index >= 15 is 0 Å². The minimum absolute atomic E-state index is 0.162. The Labute approximate surface area is 127 Å². The Morgan fingerprint density at radius 2 is 2.10 bits per heavy atom. The van der Waals surface area contributed by atoms with Gasteiger partial charge in [0.25, 0.3) is 0 Å². The second-order valence-corrected chi connectivity index (χ2v) is 7.71. The van der Waals surface area contributed by atoms with Crippen molar-refractivity contribution in [1.82, 2.24) is 4.31 Å². The van der Waals surface area contributed by atoms with Crippen LogP contribution in [0.2, 0.25) is 5.02 Å². The molecule has 0 saturated heterocycles. The van der Waals surface area contributed by atoms with Crippen molar-refractivity contribution in [2.24, 2.45) is 0 Å². The monoisotopic (exact) mass is 331 g/mol. The summed E-state index contributed by atoms with van der Waals surface area (Å²) in [6.45, 7) is -0.0547. The largest absolute Gasteiger partial charge is 0.391 e. The van der Waals surface area contributed by atoms with Crippen LogP contribution in [0.1, 0.15) is 10.4 Å². The van der Waals surface area contributed by atoms with E-state index in [0.717, 1.165) is 5.56 Å². The van der Waals surface area contributed by atoms with Crippen LogP contribution >= 0.6 is 22.9 Å². The Morgan fingerprint density at radius 3 is 2.75 bits per heavy atom. The molecule has 0 saturated carbocycles. The topological polar surface area (TPSA) is 57.6 Å². The van der Waals surface area contributed by atoms with E-state index in [9.17, 15) is 13.5 Å². The van der Waals surface area contributed by atoms with Gasteiger partial charge in [0.05, 0.1) is 11.5 Å². The number of aliphatic hydroxyl groups is 1. The molecule has 0 aliphatic rings. The molecule has 2 rings (SSSR count). The van der Waals surface area contributed by atoms with Gasteiger partial charge in [0.1, 0.15) is 0 Å². The summed E-state index contributed by atoms with van der Waals surface area (Å²) >= 11 is 7.12. The first kappa shape index (κ1) is 15.5. The summed E-state index contributed by atoms with van der Waals surface area (Å²) in [6, 6.07) is 8.58. The van der Waals surface area contributed by atoms with E-state index in [-0.39, 0.29) is 18.0 Å². The zero-order valence-corrected chi connectivity index (χ0v) is 13.2. The van der Waals surface area contributed by atoms with Crippen molar-refractivity contribution in [3.8, 4) is 0 Å². The first-order valence-corrected chi connectivity index (χ1v) is 8.53. The minimum atomic E-state index is -3.61. The molecule has 108 valence electrons. The van der Waals surface area contributed by atoms with E-state index in [1.54, 1.807) is 23.6 Å². The van der Waals surface area contributed by atoms with Crippen LogP contribution in [0.15, 0.2) is 40.6 Å². The number of benzene rings is 1. The molecule has 7 heteroatoms. The van der Waals surface area contributed by atoms with Gasteiger partial charge in [-0.25, -0.2) is 8.42 Å². The molecule has 0 radical (unpaired) electrons. The van der Waals surface area contributed by atoms with Crippen molar-refractivity contribution in [1.29, 1.82) is 0 Å². The fourth-order valence-corrected chi connectivity index (χ4v) is 4.45. The molecule has 0 unspecified atom stereocenters. The van der Waals surface area contributed by atoms with Crippen LogP contribution in [0.5, 0.6) is 0 Å². The highest BCUT2D eigenvalue weighted by atomic mass is 35.5. The molecule has 2 aromatic rings. The van der Waals surface area contributed by atoms with Crippen LogP contribution in [-0.4, -0.2) is 24.9 Å². The van der Waals surface area contributed by atoms with Gasteiger partial charge in [0.15, 0.2) is 0 Å². The van der Waals surface area contributed by atoms with Gasteiger partial charge in [-0.3, -0.25) is 0 Å². The summed E-state index contributed by atoms with van der Waals surface area (Å²) in [5.41, 5.74) is 0.810. The van der Waals surface area contributed by atoms with E-state index in [4.69, 9.17) is 11.6 Å². The first-order valence-electron chi connectivity index (χ1n) is 5.83. The average Bonchev–Trinajstić information content (AvgIpc) is 2.87. The summed E-state index contributed by atoms with van der Waals surface area (Å²) in [7, 11) is -2.10. The lowest BCUT2D eigenvalue weighted by Crippen LogP contribution is -2.26. The molecule has 0 aliphatic heterocycles. The van der Waals surface area contributed by atoms with E-state index in [2.05, 4.69) is 0 Å². The van der Waals surface area contributed by atoms with Crippen molar-refractivity contribution in [3.63, 3.8) is 0 Å². The molecule has 4 nitrogen and oxygen atoms in total. The summed E-state index contributed by atoms with van der Waals surface area (Å²) in [5, 5.41) is 11.4. The number of thiophene rings is 1. The fraction of sp³-hybridized carbons (Fsp3) is 0.231. The molecule has 20 heavy (non-hydrogen) atoms. The number of aliphatic hydroxyl groups excluding tert-OH is 1. The van der Waals surface area contributed by atoms with Crippen molar-refractivity contribution in [2.45, 2.75) is 18.0 Å². The fourth-order valence-electron chi connectivity index (χ4n) is 1.82. The van der Waals surface area contributed by atoms with Crippen molar-refractivity contribution < 1.29 is 13.5 Å². The van der Waals surface area contributed by atoms with Gasteiger partial charge in [-0.1, -0.05) is 23.7 Å². The van der Waals surface area contributed by atoms with Gasteiger partial charge >= 0.3 is 0 Å². The Bertz CT molecular complexity index is 697. The normalized spacial score (nSPS) is 12.0. The van der Waals surface area contributed by atoms with E-state index in [0.29, 0.717) is 9.90 Å². The summed E-state index contributed by atoms with van der Waals surface area (Å²) in [5.74, 6) is 0. The third-order valence-corrected chi connectivity index (χ3v) is 5.99. The quantitative estimate of drug-likeness (QED) is 0.916. The molecular weight excluding hydrogens is 318 g/mol. The highest BCUT2D eigenvalue weighted by molar-refractivity contribution is 7.89. The number of hydrogen-bond donors (Lipinski definition) is 1. The van der Waals surface area contributed by atoms with Gasteiger partial charge in [0.2, 0.25) is 10.0 Å². The molecule has 1 heterocycles. The van der Waals surface area contributed by atoms with Gasteiger partial charge in [0, 0.05) is 23.5 Å². The van der Waals surface area contributed by atoms with Crippen LogP contribution in [-0.2, 0) is 23.2 Å². The maximum absolute atomic E-state index is 12.5. The van der Waals surface area contributed by atoms with E-state index in [1.165, 1.54) is 28.8 Å². The third-order valence-electron chi connectivity index (χ3n) is 2.83. The van der Waals surface area contributed by atoms with Gasteiger partial charge in [-0.2, -0.15) is 4.31 Å². The molecule has 0 aliphatic carbocycles. The third kappa shape index (κ3) is 3.21. The molecule has 0 atom stereocenters. The predicted octanol–water partition coefficient (Wildman–Crippen LogP) is 2.71. The summed E-state index contributed by atoms with van der Waals surface area (Å²) in [4.78, 5) is 0.609. The lowest BCUT2D eigenvalue weighted by Gasteiger charge is -2.17. The average molecular weight is 332 g/mol. The Hall–Kier alpha value is -0.920. The van der Waals surface area contributed by atoms with Crippen molar-refractivity contribution in [2.75, 3.05) is 7.05 Å². The lowest BCUT2D eigenvalue weighted by molar-refractivity contribution is 0.282. The van der Waals surface area contributed by atoms with Gasteiger partial charge < -0.3 is 5.11 Å². The second kappa shape index (κ2) is 6.24. The first-order chi connectivity index (χ1) is 9.45. The zero-order valence-electron chi connectivity index (χ0n) is 10.8. The maximum Gasteiger partial charge on any atom is 0.244 e. The molecule has 0 amide bonds. The lowest BCUT2D eigenvalue weighted by atomic mass is 10.2. The van der Waals surface area contributed by atoms with Crippen molar-refractivity contribution >= 4 is 33.0 Å². The van der Waals surface area contributed by atoms with Gasteiger partial charge in [-0.15, -0.1) is 11.3 Å². The van der Waals surface area contributed by atoms with Gasteiger partial charge in [-0.05, 0) is 29.1 Å². The smallest absolute Gasteiger partial charge is 0.244 e. The predicted molar refractivity (Wildman–Crippen MR) is 80.3 cm³/mol. The summed E-state index contributed by atoms with van der Waals surface area (Å²) in [6.07, 6.45) is 0. The van der Waals surface area contributed by atoms with Crippen molar-refractivity contribution in [3.05, 3.63) is 51.2 Å². The van der Waals surface area contributed by atoms with Crippen LogP contribution in [0.25, 0.3) is 0 Å². The highest BCUT2D eigenvalue weighted by Gasteiger charge is 2.24.